The fraction of sp³-hybridized carbons (Fsp3) is 0.500. The van der Waals surface area contributed by atoms with Gasteiger partial charge in [0.1, 0.15) is 5.75 Å². The lowest BCUT2D eigenvalue weighted by Gasteiger charge is -2.11. The molecule has 90 valence electrons. The van der Waals surface area contributed by atoms with Crippen molar-refractivity contribution >= 4 is 0 Å². The normalized spacial score (nSPS) is 11.6. The van der Waals surface area contributed by atoms with E-state index in [2.05, 4.69) is 4.98 Å². The van der Waals surface area contributed by atoms with Gasteiger partial charge in [-0.25, -0.2) is 0 Å². The third-order valence-corrected chi connectivity index (χ3v) is 1.91. The van der Waals surface area contributed by atoms with Crippen LogP contribution < -0.4 is 10.5 Å². The van der Waals surface area contributed by atoms with Crippen molar-refractivity contribution in [2.75, 3.05) is 6.61 Å². The van der Waals surface area contributed by atoms with E-state index < -0.39 is 19.2 Å². The first kappa shape index (κ1) is 12.8. The van der Waals surface area contributed by atoms with Crippen LogP contribution in [0.1, 0.15) is 17.8 Å². The predicted molar refractivity (Wildman–Crippen MR) is 53.0 cm³/mol. The van der Waals surface area contributed by atoms with Crippen LogP contribution in [-0.4, -0.2) is 17.8 Å². The molecule has 6 heteroatoms. The Kier molecular flexibility index (Phi) is 4.12. The molecule has 1 rings (SSSR count). The summed E-state index contributed by atoms with van der Waals surface area (Å²) in [7, 11) is 0. The average Bonchev–Trinajstić information content (AvgIpc) is 2.18. The van der Waals surface area contributed by atoms with Gasteiger partial charge in [0.25, 0.3) is 0 Å². The van der Waals surface area contributed by atoms with Gasteiger partial charge in [-0.1, -0.05) is 0 Å². The fourth-order valence-electron chi connectivity index (χ4n) is 1.15. The van der Waals surface area contributed by atoms with Crippen molar-refractivity contribution in [3.8, 4) is 5.75 Å². The second-order valence-corrected chi connectivity index (χ2v) is 3.32. The van der Waals surface area contributed by atoms with Gasteiger partial charge >= 0.3 is 6.18 Å². The Morgan fingerprint density at radius 1 is 1.38 bits per heavy atom. The van der Waals surface area contributed by atoms with Gasteiger partial charge in [-0.2, -0.15) is 13.2 Å². The molecule has 0 aliphatic heterocycles. The van der Waals surface area contributed by atoms with Crippen LogP contribution in [0.3, 0.4) is 0 Å². The van der Waals surface area contributed by atoms with Crippen LogP contribution >= 0.6 is 0 Å². The first-order valence-corrected chi connectivity index (χ1v) is 4.78. The van der Waals surface area contributed by atoms with Crippen LogP contribution in [0.5, 0.6) is 5.75 Å². The second-order valence-electron chi connectivity index (χ2n) is 3.32. The maximum absolute atomic E-state index is 11.9. The number of pyridine rings is 1. The summed E-state index contributed by atoms with van der Waals surface area (Å²) in [5, 5.41) is 0. The van der Waals surface area contributed by atoms with Crippen molar-refractivity contribution in [2.24, 2.45) is 5.73 Å². The fourth-order valence-corrected chi connectivity index (χ4v) is 1.15. The highest BCUT2D eigenvalue weighted by molar-refractivity contribution is 5.29. The lowest BCUT2D eigenvalue weighted by Crippen LogP contribution is -2.14. The molecular weight excluding hydrogens is 221 g/mol. The average molecular weight is 234 g/mol. The quantitative estimate of drug-likeness (QED) is 0.868. The van der Waals surface area contributed by atoms with Crippen molar-refractivity contribution in [3.05, 3.63) is 23.5 Å². The first-order valence-electron chi connectivity index (χ1n) is 4.78. The maximum atomic E-state index is 11.9. The number of hydrogen-bond donors (Lipinski definition) is 1. The number of nitrogens with two attached hydrogens (primary N) is 1. The third-order valence-electron chi connectivity index (χ3n) is 1.91. The molecule has 0 aliphatic rings. The van der Waals surface area contributed by atoms with Crippen LogP contribution in [0.2, 0.25) is 0 Å². The number of ether oxygens (including phenoxy) is 1. The molecule has 3 nitrogen and oxygen atoms in total. The second kappa shape index (κ2) is 5.16. The van der Waals surface area contributed by atoms with Gasteiger partial charge < -0.3 is 10.5 Å². The monoisotopic (exact) mass is 234 g/mol. The molecule has 0 amide bonds. The highest BCUT2D eigenvalue weighted by Crippen LogP contribution is 2.21. The number of alkyl halides is 3. The Morgan fingerprint density at radius 3 is 2.62 bits per heavy atom. The molecule has 0 atom stereocenters. The molecular formula is C10H13F3N2O. The van der Waals surface area contributed by atoms with E-state index in [-0.39, 0.29) is 6.54 Å². The van der Waals surface area contributed by atoms with Gasteiger partial charge in [-0.3, -0.25) is 4.98 Å². The van der Waals surface area contributed by atoms with Crippen LogP contribution in [0.15, 0.2) is 12.1 Å². The number of rotatable bonds is 4. The molecule has 0 saturated carbocycles. The minimum absolute atomic E-state index is 0.142. The molecule has 0 unspecified atom stereocenters. The molecule has 0 saturated heterocycles. The van der Waals surface area contributed by atoms with E-state index in [1.807, 2.05) is 0 Å². The summed E-state index contributed by atoms with van der Waals surface area (Å²) in [6.07, 6.45) is -5.19. The third kappa shape index (κ3) is 4.06. The summed E-state index contributed by atoms with van der Waals surface area (Å²) in [6, 6.07) is 3.25. The number of nitrogens with zero attached hydrogens (tertiary/aromatic N) is 1. The van der Waals surface area contributed by atoms with E-state index in [4.69, 9.17) is 10.5 Å². The topological polar surface area (TPSA) is 48.1 Å². The Morgan fingerprint density at radius 2 is 2.06 bits per heavy atom. The highest BCUT2D eigenvalue weighted by atomic mass is 19.4. The van der Waals surface area contributed by atoms with Crippen molar-refractivity contribution in [3.63, 3.8) is 0 Å². The number of halogens is 3. The minimum atomic E-state index is -4.21. The molecule has 0 radical (unpaired) electrons. The van der Waals surface area contributed by atoms with E-state index in [0.29, 0.717) is 11.4 Å². The standard InChI is InChI=1S/C10H13F3N2O/c1-7-2-3-9(8(6-14)15-7)16-5-4-10(11,12)13/h2-3H,4-6,14H2,1H3. The first-order chi connectivity index (χ1) is 7.42. The lowest BCUT2D eigenvalue weighted by molar-refractivity contribution is -0.139. The summed E-state index contributed by atoms with van der Waals surface area (Å²) < 4.78 is 40.7. The van der Waals surface area contributed by atoms with Crippen molar-refractivity contribution in [1.82, 2.24) is 4.98 Å². The van der Waals surface area contributed by atoms with Crippen molar-refractivity contribution in [2.45, 2.75) is 26.1 Å². The summed E-state index contributed by atoms with van der Waals surface area (Å²) in [5.41, 5.74) is 6.64. The molecule has 1 aromatic rings. The molecule has 16 heavy (non-hydrogen) atoms. The van der Waals surface area contributed by atoms with Crippen LogP contribution in [0.25, 0.3) is 0 Å². The molecule has 2 N–H and O–H groups in total. The minimum Gasteiger partial charge on any atom is -0.491 e. The molecule has 1 heterocycles. The van der Waals surface area contributed by atoms with Crippen molar-refractivity contribution in [1.29, 1.82) is 0 Å². The number of hydrogen-bond acceptors (Lipinski definition) is 3. The van der Waals surface area contributed by atoms with Crippen LogP contribution in [-0.2, 0) is 6.54 Å². The van der Waals surface area contributed by atoms with E-state index in [9.17, 15) is 13.2 Å². The van der Waals surface area contributed by atoms with Crippen molar-refractivity contribution < 1.29 is 17.9 Å². The SMILES string of the molecule is Cc1ccc(OCCC(F)(F)F)c(CN)n1. The molecule has 0 aliphatic carbocycles. The molecule has 1 aromatic heterocycles. The van der Waals surface area contributed by atoms with Crippen LogP contribution in [0, 0.1) is 6.92 Å². The van der Waals surface area contributed by atoms with Gasteiger partial charge in [0, 0.05) is 12.2 Å². The van der Waals surface area contributed by atoms with Gasteiger partial charge in [0.15, 0.2) is 0 Å². The Hall–Kier alpha value is -1.30. The Labute approximate surface area is 91.4 Å². The van der Waals surface area contributed by atoms with Crippen LogP contribution in [0.4, 0.5) is 13.2 Å². The van der Waals surface area contributed by atoms with Gasteiger partial charge in [-0.15, -0.1) is 0 Å². The van der Waals surface area contributed by atoms with E-state index in [1.165, 1.54) is 0 Å². The highest BCUT2D eigenvalue weighted by Gasteiger charge is 2.27. The summed E-state index contributed by atoms with van der Waals surface area (Å²) in [5.74, 6) is 0.317. The van der Waals surface area contributed by atoms with E-state index in [0.717, 1.165) is 5.69 Å². The van der Waals surface area contributed by atoms with E-state index in [1.54, 1.807) is 19.1 Å². The molecule has 0 bridgehead atoms. The van der Waals surface area contributed by atoms with Gasteiger partial charge in [-0.05, 0) is 19.1 Å². The Bertz CT molecular complexity index is 352. The number of aryl methyl sites for hydroxylation is 1. The zero-order chi connectivity index (χ0) is 12.2. The molecule has 0 fully saturated rings. The van der Waals surface area contributed by atoms with E-state index >= 15 is 0 Å². The lowest BCUT2D eigenvalue weighted by atomic mass is 10.3. The zero-order valence-corrected chi connectivity index (χ0v) is 8.84. The summed E-state index contributed by atoms with van der Waals surface area (Å²) in [4.78, 5) is 4.08. The zero-order valence-electron chi connectivity index (χ0n) is 8.84. The largest absolute Gasteiger partial charge is 0.491 e. The summed E-state index contributed by atoms with van der Waals surface area (Å²) >= 11 is 0. The Balaban J connectivity index is 2.60. The molecule has 0 spiro atoms. The molecule has 0 aromatic carbocycles. The maximum Gasteiger partial charge on any atom is 0.392 e. The number of aromatic nitrogens is 1. The summed E-state index contributed by atoms with van der Waals surface area (Å²) in [6.45, 7) is 1.50. The van der Waals surface area contributed by atoms with Gasteiger partial charge in [0.05, 0.1) is 18.7 Å². The predicted octanol–water partition coefficient (Wildman–Crippen LogP) is 2.18. The van der Waals surface area contributed by atoms with Gasteiger partial charge in [0.2, 0.25) is 0 Å². The smallest absolute Gasteiger partial charge is 0.392 e.